The molecule has 0 fully saturated rings. The van der Waals surface area contributed by atoms with Gasteiger partial charge in [0, 0.05) is 34.2 Å². The fraction of sp³-hybridized carbons (Fsp3) is 0. The first-order chi connectivity index (χ1) is 16.3. The van der Waals surface area contributed by atoms with E-state index in [9.17, 15) is 4.79 Å². The van der Waals surface area contributed by atoms with Crippen LogP contribution >= 0.6 is 0 Å². The lowest BCUT2D eigenvalue weighted by molar-refractivity contribution is 1.23. The molecular formula is C29H19N3O. The van der Waals surface area contributed by atoms with Crippen LogP contribution in [0.2, 0.25) is 0 Å². The average Bonchev–Trinajstić information content (AvgIpc) is 2.88. The molecule has 4 heteroatoms. The number of nitrogens with one attached hydrogen (secondary N) is 1. The summed E-state index contributed by atoms with van der Waals surface area (Å²) < 4.78 is 0. The van der Waals surface area contributed by atoms with E-state index in [4.69, 9.17) is 4.98 Å². The topological polar surface area (TPSA) is 58.6 Å². The molecule has 6 aromatic rings. The van der Waals surface area contributed by atoms with Gasteiger partial charge in [0.05, 0.1) is 11.2 Å². The molecule has 3 aromatic heterocycles. The molecule has 33 heavy (non-hydrogen) atoms. The second-order valence-electron chi connectivity index (χ2n) is 7.97. The molecule has 0 radical (unpaired) electrons. The lowest BCUT2D eigenvalue weighted by Crippen LogP contribution is -2.07. The van der Waals surface area contributed by atoms with E-state index in [1.165, 1.54) is 0 Å². The van der Waals surface area contributed by atoms with E-state index >= 15 is 0 Å². The Labute approximate surface area is 190 Å². The number of rotatable bonds is 3. The van der Waals surface area contributed by atoms with E-state index < -0.39 is 0 Å². The Morgan fingerprint density at radius 3 is 2.18 bits per heavy atom. The molecule has 0 spiro atoms. The Morgan fingerprint density at radius 2 is 1.39 bits per heavy atom. The molecular weight excluding hydrogens is 406 g/mol. The van der Waals surface area contributed by atoms with Crippen LogP contribution in [-0.4, -0.2) is 15.0 Å². The van der Waals surface area contributed by atoms with Crippen molar-refractivity contribution >= 4 is 21.9 Å². The predicted molar refractivity (Wildman–Crippen MR) is 134 cm³/mol. The molecule has 4 nitrogen and oxygen atoms in total. The number of aromatic amines is 1. The number of benzene rings is 3. The van der Waals surface area contributed by atoms with Gasteiger partial charge >= 0.3 is 0 Å². The molecule has 156 valence electrons. The zero-order valence-electron chi connectivity index (χ0n) is 17.7. The molecule has 0 saturated carbocycles. The molecule has 3 aromatic carbocycles. The van der Waals surface area contributed by atoms with Crippen LogP contribution in [0.25, 0.3) is 55.4 Å². The minimum absolute atomic E-state index is 0.169. The van der Waals surface area contributed by atoms with E-state index in [1.54, 1.807) is 12.3 Å². The van der Waals surface area contributed by atoms with Gasteiger partial charge in [0.1, 0.15) is 5.65 Å². The summed E-state index contributed by atoms with van der Waals surface area (Å²) in [6.45, 7) is 0. The van der Waals surface area contributed by atoms with Crippen LogP contribution < -0.4 is 5.56 Å². The Hall–Kier alpha value is -4.57. The number of hydrogen-bond acceptors (Lipinski definition) is 3. The second kappa shape index (κ2) is 7.84. The highest BCUT2D eigenvalue weighted by molar-refractivity contribution is 5.99. The Morgan fingerprint density at radius 1 is 0.636 bits per heavy atom. The van der Waals surface area contributed by atoms with Crippen LogP contribution in [-0.2, 0) is 0 Å². The molecule has 1 N–H and O–H groups in total. The summed E-state index contributed by atoms with van der Waals surface area (Å²) in [7, 11) is 0. The zero-order chi connectivity index (χ0) is 22.2. The van der Waals surface area contributed by atoms with Crippen molar-refractivity contribution in [2.45, 2.75) is 0 Å². The Kier molecular flexibility index (Phi) is 4.55. The normalized spacial score (nSPS) is 11.2. The molecule has 0 aliphatic heterocycles. The Balaban J connectivity index is 1.70. The van der Waals surface area contributed by atoms with E-state index in [0.29, 0.717) is 5.65 Å². The SMILES string of the molecule is O=c1cc(-c2ccccc2)c2cc(-c3ccc4ncccc4c3)c(-c3ccccc3)nc2[nH]1. The zero-order valence-corrected chi connectivity index (χ0v) is 17.7. The summed E-state index contributed by atoms with van der Waals surface area (Å²) in [4.78, 5) is 24.9. The van der Waals surface area contributed by atoms with Crippen LogP contribution in [0, 0.1) is 0 Å². The maximum atomic E-state index is 12.5. The van der Waals surface area contributed by atoms with Gasteiger partial charge in [0.25, 0.3) is 0 Å². The Bertz CT molecular complexity index is 1670. The molecule has 0 saturated heterocycles. The van der Waals surface area contributed by atoms with Crippen molar-refractivity contribution in [3.8, 4) is 33.5 Å². The van der Waals surface area contributed by atoms with Gasteiger partial charge < -0.3 is 4.98 Å². The van der Waals surface area contributed by atoms with E-state index in [0.717, 1.165) is 49.8 Å². The van der Waals surface area contributed by atoms with Gasteiger partial charge in [-0.1, -0.05) is 72.8 Å². The van der Waals surface area contributed by atoms with Crippen molar-refractivity contribution < 1.29 is 0 Å². The van der Waals surface area contributed by atoms with Gasteiger partial charge in [-0.25, -0.2) is 4.98 Å². The third-order valence-electron chi connectivity index (χ3n) is 5.88. The molecule has 0 atom stereocenters. The molecule has 0 unspecified atom stereocenters. The third-order valence-corrected chi connectivity index (χ3v) is 5.88. The number of H-pyrrole nitrogens is 1. The van der Waals surface area contributed by atoms with Gasteiger partial charge in [-0.2, -0.15) is 0 Å². The van der Waals surface area contributed by atoms with Crippen LogP contribution in [0.1, 0.15) is 0 Å². The van der Waals surface area contributed by atoms with Crippen molar-refractivity contribution in [3.63, 3.8) is 0 Å². The largest absolute Gasteiger partial charge is 0.307 e. The molecule has 6 rings (SSSR count). The fourth-order valence-electron chi connectivity index (χ4n) is 4.31. The minimum atomic E-state index is -0.169. The maximum absolute atomic E-state index is 12.5. The average molecular weight is 425 g/mol. The highest BCUT2D eigenvalue weighted by Crippen LogP contribution is 2.36. The number of pyridine rings is 3. The van der Waals surface area contributed by atoms with Crippen molar-refractivity contribution in [3.05, 3.63) is 120 Å². The molecule has 0 aliphatic rings. The minimum Gasteiger partial charge on any atom is -0.307 e. The lowest BCUT2D eigenvalue weighted by atomic mass is 9.94. The van der Waals surface area contributed by atoms with Gasteiger partial charge in [-0.05, 0) is 41.0 Å². The van der Waals surface area contributed by atoms with Crippen molar-refractivity contribution in [2.75, 3.05) is 0 Å². The summed E-state index contributed by atoms with van der Waals surface area (Å²) in [5.74, 6) is 0. The maximum Gasteiger partial charge on any atom is 0.250 e. The monoisotopic (exact) mass is 425 g/mol. The van der Waals surface area contributed by atoms with Crippen molar-refractivity contribution in [1.82, 2.24) is 15.0 Å². The highest BCUT2D eigenvalue weighted by Gasteiger charge is 2.15. The second-order valence-corrected chi connectivity index (χ2v) is 7.97. The van der Waals surface area contributed by atoms with E-state index in [-0.39, 0.29) is 5.56 Å². The van der Waals surface area contributed by atoms with E-state index in [1.807, 2.05) is 72.8 Å². The molecule has 0 aliphatic carbocycles. The number of hydrogen-bond donors (Lipinski definition) is 1. The molecule has 0 bridgehead atoms. The summed E-state index contributed by atoms with van der Waals surface area (Å²) in [6, 6.07) is 34.1. The summed E-state index contributed by atoms with van der Waals surface area (Å²) in [5.41, 5.74) is 7.08. The molecule has 3 heterocycles. The first-order valence-electron chi connectivity index (χ1n) is 10.8. The fourth-order valence-corrected chi connectivity index (χ4v) is 4.31. The van der Waals surface area contributed by atoms with Crippen molar-refractivity contribution in [2.24, 2.45) is 0 Å². The van der Waals surface area contributed by atoms with Crippen LogP contribution in [0.3, 0.4) is 0 Å². The van der Waals surface area contributed by atoms with Gasteiger partial charge in [-0.3, -0.25) is 9.78 Å². The quantitative estimate of drug-likeness (QED) is 0.353. The third kappa shape index (κ3) is 3.48. The predicted octanol–water partition coefficient (Wildman–Crippen LogP) is 6.47. The number of aromatic nitrogens is 3. The van der Waals surface area contributed by atoms with Gasteiger partial charge in [-0.15, -0.1) is 0 Å². The summed E-state index contributed by atoms with van der Waals surface area (Å²) >= 11 is 0. The smallest absolute Gasteiger partial charge is 0.250 e. The van der Waals surface area contributed by atoms with Crippen LogP contribution in [0.15, 0.2) is 114 Å². The standard InChI is InChI=1S/C29H19N3O/c33-27-18-23(19-8-3-1-4-9-19)25-17-24(21-13-14-26-22(16-21)12-7-15-30-26)28(32-29(25)31-27)20-10-5-2-6-11-20/h1-18H,(H,31,32,33). The first-order valence-corrected chi connectivity index (χ1v) is 10.8. The van der Waals surface area contributed by atoms with Crippen molar-refractivity contribution in [1.29, 1.82) is 0 Å². The van der Waals surface area contributed by atoms with Crippen LogP contribution in [0.5, 0.6) is 0 Å². The first kappa shape index (κ1) is 19.1. The summed E-state index contributed by atoms with van der Waals surface area (Å²) in [6.07, 6.45) is 1.80. The van der Waals surface area contributed by atoms with Gasteiger partial charge in [0.2, 0.25) is 5.56 Å². The highest BCUT2D eigenvalue weighted by atomic mass is 16.1. The number of fused-ring (bicyclic) bond motifs is 2. The summed E-state index contributed by atoms with van der Waals surface area (Å²) in [5, 5.41) is 1.97. The van der Waals surface area contributed by atoms with Gasteiger partial charge in [0.15, 0.2) is 0 Å². The lowest BCUT2D eigenvalue weighted by Gasteiger charge is -2.14. The van der Waals surface area contributed by atoms with E-state index in [2.05, 4.69) is 34.2 Å². The number of nitrogens with zero attached hydrogens (tertiary/aromatic N) is 2. The van der Waals surface area contributed by atoms with Crippen LogP contribution in [0.4, 0.5) is 0 Å². The molecule has 0 amide bonds.